The van der Waals surface area contributed by atoms with Crippen LogP contribution in [0.25, 0.3) is 0 Å². The van der Waals surface area contributed by atoms with Gasteiger partial charge in [-0.3, -0.25) is 0 Å². The zero-order valence-electron chi connectivity index (χ0n) is 11.3. The van der Waals surface area contributed by atoms with Gasteiger partial charge < -0.3 is 14.8 Å². The maximum Gasteiger partial charge on any atom is 0.408 e. The van der Waals surface area contributed by atoms with Gasteiger partial charge in [0.05, 0.1) is 12.6 Å². The highest BCUT2D eigenvalue weighted by Gasteiger charge is 2.25. The zero-order chi connectivity index (χ0) is 14.0. The van der Waals surface area contributed by atoms with Crippen molar-refractivity contribution < 1.29 is 14.3 Å². The number of hydrogen-bond acceptors (Lipinski definition) is 3. The highest BCUT2D eigenvalue weighted by atomic mass is 79.9. The first-order chi connectivity index (χ1) is 8.85. The van der Waals surface area contributed by atoms with Gasteiger partial charge in [0.2, 0.25) is 0 Å². The molecule has 0 aliphatic carbocycles. The van der Waals surface area contributed by atoms with Crippen molar-refractivity contribution in [2.24, 2.45) is 0 Å². The van der Waals surface area contributed by atoms with Crippen LogP contribution in [0.5, 0.6) is 5.75 Å². The van der Waals surface area contributed by atoms with Crippen LogP contribution in [0, 0.1) is 0 Å². The van der Waals surface area contributed by atoms with Gasteiger partial charge in [0, 0.05) is 16.5 Å². The Morgan fingerprint density at radius 3 is 2.89 bits per heavy atom. The molecular weight excluding hydrogens is 310 g/mol. The predicted octanol–water partition coefficient (Wildman–Crippen LogP) is 3.80. The SMILES string of the molecule is CC(C)(C)OC(=O)NC1CCOc2ccc(Br)cc21. The van der Waals surface area contributed by atoms with Crippen molar-refractivity contribution >= 4 is 22.0 Å². The van der Waals surface area contributed by atoms with E-state index in [2.05, 4.69) is 21.2 Å². The summed E-state index contributed by atoms with van der Waals surface area (Å²) in [6.45, 7) is 6.14. The number of nitrogens with one attached hydrogen (secondary N) is 1. The molecule has 1 heterocycles. The van der Waals surface area contributed by atoms with Crippen molar-refractivity contribution in [3.63, 3.8) is 0 Å². The second-order valence-electron chi connectivity index (χ2n) is 5.52. The fourth-order valence-electron chi connectivity index (χ4n) is 1.97. The Labute approximate surface area is 121 Å². The minimum absolute atomic E-state index is 0.0731. The van der Waals surface area contributed by atoms with Crippen LogP contribution >= 0.6 is 15.9 Å². The smallest absolute Gasteiger partial charge is 0.408 e. The van der Waals surface area contributed by atoms with E-state index >= 15 is 0 Å². The van der Waals surface area contributed by atoms with Crippen molar-refractivity contribution in [1.29, 1.82) is 0 Å². The summed E-state index contributed by atoms with van der Waals surface area (Å²) in [6.07, 6.45) is 0.341. The molecule has 1 unspecified atom stereocenters. The Kier molecular flexibility index (Phi) is 4.04. The molecule has 1 aromatic carbocycles. The van der Waals surface area contributed by atoms with Crippen molar-refractivity contribution in [3.8, 4) is 5.75 Å². The number of ether oxygens (including phenoxy) is 2. The molecule has 1 N–H and O–H groups in total. The van der Waals surface area contributed by atoms with Crippen LogP contribution < -0.4 is 10.1 Å². The van der Waals surface area contributed by atoms with E-state index in [1.54, 1.807) is 0 Å². The minimum Gasteiger partial charge on any atom is -0.493 e. The van der Waals surface area contributed by atoms with Gasteiger partial charge in [0.25, 0.3) is 0 Å². The molecule has 0 spiro atoms. The van der Waals surface area contributed by atoms with E-state index < -0.39 is 11.7 Å². The van der Waals surface area contributed by atoms with Crippen LogP contribution in [-0.4, -0.2) is 18.3 Å². The number of hydrogen-bond donors (Lipinski definition) is 1. The number of rotatable bonds is 1. The Morgan fingerprint density at radius 2 is 2.21 bits per heavy atom. The number of fused-ring (bicyclic) bond motifs is 1. The Hall–Kier alpha value is -1.23. The lowest BCUT2D eigenvalue weighted by Gasteiger charge is -2.28. The van der Waals surface area contributed by atoms with E-state index in [1.807, 2.05) is 39.0 Å². The molecule has 0 radical (unpaired) electrons. The normalized spacial score (nSPS) is 18.2. The molecule has 1 atom stereocenters. The van der Waals surface area contributed by atoms with E-state index in [1.165, 1.54) is 0 Å². The number of alkyl carbamates (subject to hydrolysis) is 1. The molecule has 1 aromatic rings. The van der Waals surface area contributed by atoms with Gasteiger partial charge in [0.1, 0.15) is 11.4 Å². The molecule has 2 rings (SSSR count). The van der Waals surface area contributed by atoms with Crippen LogP contribution in [0.15, 0.2) is 22.7 Å². The lowest BCUT2D eigenvalue weighted by atomic mass is 10.0. The zero-order valence-corrected chi connectivity index (χ0v) is 12.9. The van der Waals surface area contributed by atoms with Crippen molar-refractivity contribution in [1.82, 2.24) is 5.32 Å². The van der Waals surface area contributed by atoms with E-state index in [-0.39, 0.29) is 6.04 Å². The molecule has 1 aliphatic rings. The third kappa shape index (κ3) is 3.86. The average molecular weight is 328 g/mol. The molecule has 1 amide bonds. The van der Waals surface area contributed by atoms with E-state index in [9.17, 15) is 4.79 Å². The van der Waals surface area contributed by atoms with Gasteiger partial charge in [0.15, 0.2) is 0 Å². The number of benzene rings is 1. The van der Waals surface area contributed by atoms with Gasteiger partial charge in [-0.25, -0.2) is 4.79 Å². The van der Waals surface area contributed by atoms with Crippen molar-refractivity contribution in [3.05, 3.63) is 28.2 Å². The summed E-state index contributed by atoms with van der Waals surface area (Å²) in [5.41, 5.74) is 0.488. The highest BCUT2D eigenvalue weighted by molar-refractivity contribution is 9.10. The quantitative estimate of drug-likeness (QED) is 0.853. The summed E-state index contributed by atoms with van der Waals surface area (Å²) >= 11 is 3.43. The van der Waals surface area contributed by atoms with Gasteiger partial charge in [-0.2, -0.15) is 0 Å². The Bertz CT molecular complexity index is 482. The molecule has 5 heteroatoms. The second-order valence-corrected chi connectivity index (χ2v) is 6.43. The Morgan fingerprint density at radius 1 is 1.47 bits per heavy atom. The average Bonchev–Trinajstić information content (AvgIpc) is 2.27. The first kappa shape index (κ1) is 14.2. The third-order valence-electron chi connectivity index (χ3n) is 2.70. The molecule has 0 aromatic heterocycles. The summed E-state index contributed by atoms with van der Waals surface area (Å²) in [5, 5.41) is 2.90. The predicted molar refractivity (Wildman–Crippen MR) is 76.4 cm³/mol. The Balaban J connectivity index is 2.11. The fourth-order valence-corrected chi connectivity index (χ4v) is 2.34. The molecule has 4 nitrogen and oxygen atoms in total. The molecule has 104 valence electrons. The number of halogens is 1. The number of amides is 1. The number of carbonyl (C=O) groups excluding carboxylic acids is 1. The lowest BCUT2D eigenvalue weighted by molar-refractivity contribution is 0.0491. The monoisotopic (exact) mass is 327 g/mol. The van der Waals surface area contributed by atoms with Crippen LogP contribution in [0.3, 0.4) is 0 Å². The molecule has 19 heavy (non-hydrogen) atoms. The van der Waals surface area contributed by atoms with Crippen molar-refractivity contribution in [2.75, 3.05) is 6.61 Å². The fraction of sp³-hybridized carbons (Fsp3) is 0.500. The standard InChI is InChI=1S/C14H18BrNO3/c1-14(2,3)19-13(17)16-11-6-7-18-12-5-4-9(15)8-10(11)12/h4-5,8,11H,6-7H2,1-3H3,(H,16,17). The van der Waals surface area contributed by atoms with Crippen LogP contribution in [-0.2, 0) is 4.74 Å². The molecule has 1 aliphatic heterocycles. The molecule has 0 fully saturated rings. The molecule has 0 bridgehead atoms. The van der Waals surface area contributed by atoms with Crippen molar-refractivity contribution in [2.45, 2.75) is 38.8 Å². The molecule has 0 saturated heterocycles. The van der Waals surface area contributed by atoms with Crippen LogP contribution in [0.2, 0.25) is 0 Å². The number of carbonyl (C=O) groups is 1. The summed E-state index contributed by atoms with van der Waals surface area (Å²) < 4.78 is 11.8. The maximum atomic E-state index is 11.8. The molecular formula is C14H18BrNO3. The summed E-state index contributed by atoms with van der Waals surface area (Å²) in [7, 11) is 0. The van der Waals surface area contributed by atoms with Gasteiger partial charge in [-0.15, -0.1) is 0 Å². The summed E-state index contributed by atoms with van der Waals surface area (Å²) in [4.78, 5) is 11.8. The summed E-state index contributed by atoms with van der Waals surface area (Å²) in [5.74, 6) is 0.815. The molecule has 0 saturated carbocycles. The highest BCUT2D eigenvalue weighted by Crippen LogP contribution is 2.34. The van der Waals surface area contributed by atoms with Gasteiger partial charge in [-0.1, -0.05) is 15.9 Å². The first-order valence-corrected chi connectivity index (χ1v) is 7.06. The second kappa shape index (κ2) is 5.41. The van der Waals surface area contributed by atoms with Crippen LogP contribution in [0.4, 0.5) is 4.79 Å². The van der Waals surface area contributed by atoms with E-state index in [4.69, 9.17) is 9.47 Å². The van der Waals surface area contributed by atoms with E-state index in [0.717, 1.165) is 22.2 Å². The van der Waals surface area contributed by atoms with Crippen LogP contribution in [0.1, 0.15) is 38.8 Å². The maximum absolute atomic E-state index is 11.8. The van der Waals surface area contributed by atoms with Gasteiger partial charge in [-0.05, 0) is 39.0 Å². The lowest BCUT2D eigenvalue weighted by Crippen LogP contribution is -2.36. The third-order valence-corrected chi connectivity index (χ3v) is 3.20. The topological polar surface area (TPSA) is 47.6 Å². The van der Waals surface area contributed by atoms with E-state index in [0.29, 0.717) is 6.61 Å². The summed E-state index contributed by atoms with van der Waals surface area (Å²) in [6, 6.07) is 5.73. The van der Waals surface area contributed by atoms with Gasteiger partial charge >= 0.3 is 6.09 Å². The minimum atomic E-state index is -0.491. The first-order valence-electron chi connectivity index (χ1n) is 6.27. The largest absolute Gasteiger partial charge is 0.493 e.